The van der Waals surface area contributed by atoms with Crippen molar-refractivity contribution in [1.29, 1.82) is 0 Å². The summed E-state index contributed by atoms with van der Waals surface area (Å²) in [6.07, 6.45) is 4.00. The molecule has 1 nitrogen and oxygen atoms in total. The Bertz CT molecular complexity index is 419. The van der Waals surface area contributed by atoms with Crippen molar-refractivity contribution in [3.63, 3.8) is 0 Å². The van der Waals surface area contributed by atoms with Gasteiger partial charge in [-0.15, -0.1) is 11.8 Å². The van der Waals surface area contributed by atoms with Crippen molar-refractivity contribution in [2.75, 3.05) is 6.54 Å². The van der Waals surface area contributed by atoms with Crippen molar-refractivity contribution in [2.45, 2.75) is 56.2 Å². The second kappa shape index (κ2) is 6.64. The minimum Gasteiger partial charge on any atom is -0.313 e. The van der Waals surface area contributed by atoms with Crippen LogP contribution in [-0.2, 0) is 0 Å². The Morgan fingerprint density at radius 1 is 1.42 bits per heavy atom. The Morgan fingerprint density at radius 2 is 2.21 bits per heavy atom. The number of hydrogen-bond donors (Lipinski definition) is 1. The van der Waals surface area contributed by atoms with E-state index in [2.05, 4.69) is 66.3 Å². The second-order valence-electron chi connectivity index (χ2n) is 6.03. The molecular weight excluding hydrogens is 318 g/mol. The maximum Gasteiger partial charge on any atom is 0.0253 e. The highest BCUT2D eigenvalue weighted by Crippen LogP contribution is 2.43. The molecule has 0 aromatic heterocycles. The molecule has 1 aromatic rings. The van der Waals surface area contributed by atoms with Crippen LogP contribution in [0.1, 0.15) is 40.0 Å². The summed E-state index contributed by atoms with van der Waals surface area (Å²) in [4.78, 5) is 1.37. The van der Waals surface area contributed by atoms with E-state index in [4.69, 9.17) is 0 Å². The number of hydrogen-bond acceptors (Lipinski definition) is 2. The number of benzene rings is 1. The van der Waals surface area contributed by atoms with E-state index in [0.29, 0.717) is 16.7 Å². The van der Waals surface area contributed by atoms with Crippen molar-refractivity contribution in [3.05, 3.63) is 28.7 Å². The van der Waals surface area contributed by atoms with Gasteiger partial charge in [0.2, 0.25) is 0 Å². The zero-order chi connectivity index (χ0) is 13.9. The van der Waals surface area contributed by atoms with Crippen molar-refractivity contribution < 1.29 is 0 Å². The Kier molecular flexibility index (Phi) is 5.38. The summed E-state index contributed by atoms with van der Waals surface area (Å²) in [5.74, 6) is 0. The molecule has 1 saturated carbocycles. The number of rotatable bonds is 4. The van der Waals surface area contributed by atoms with Crippen LogP contribution in [0, 0.1) is 5.41 Å². The van der Waals surface area contributed by atoms with Crippen LogP contribution in [0.5, 0.6) is 0 Å². The van der Waals surface area contributed by atoms with Crippen molar-refractivity contribution in [2.24, 2.45) is 5.41 Å². The van der Waals surface area contributed by atoms with Crippen LogP contribution >= 0.6 is 27.7 Å². The predicted molar refractivity (Wildman–Crippen MR) is 88.9 cm³/mol. The average molecular weight is 342 g/mol. The Hall–Kier alpha value is 0.01000. The molecule has 0 aliphatic heterocycles. The Labute approximate surface area is 130 Å². The number of thioether (sulfide) groups is 1. The predicted octanol–water partition coefficient (Wildman–Crippen LogP) is 5.10. The molecule has 0 bridgehead atoms. The molecule has 1 fully saturated rings. The molecule has 0 spiro atoms. The molecule has 2 rings (SSSR count). The first-order valence-electron chi connectivity index (χ1n) is 7.18. The van der Waals surface area contributed by atoms with Crippen molar-refractivity contribution >= 4 is 27.7 Å². The van der Waals surface area contributed by atoms with Gasteiger partial charge in [-0.3, -0.25) is 0 Å². The van der Waals surface area contributed by atoms with Crippen LogP contribution in [0.2, 0.25) is 0 Å². The number of nitrogens with one attached hydrogen (secondary N) is 1. The van der Waals surface area contributed by atoms with Gasteiger partial charge in [-0.25, -0.2) is 0 Å². The molecule has 106 valence electrons. The fourth-order valence-corrected chi connectivity index (χ4v) is 5.19. The molecule has 1 N–H and O–H groups in total. The highest BCUT2D eigenvalue weighted by molar-refractivity contribution is 9.10. The summed E-state index contributed by atoms with van der Waals surface area (Å²) < 4.78 is 1.17. The molecule has 19 heavy (non-hydrogen) atoms. The third-order valence-corrected chi connectivity index (χ3v) is 5.86. The topological polar surface area (TPSA) is 12.0 Å². The molecule has 3 heteroatoms. The highest BCUT2D eigenvalue weighted by atomic mass is 79.9. The molecule has 2 atom stereocenters. The largest absolute Gasteiger partial charge is 0.313 e. The average Bonchev–Trinajstić information content (AvgIpc) is 2.33. The van der Waals surface area contributed by atoms with E-state index in [1.165, 1.54) is 28.6 Å². The lowest BCUT2D eigenvalue weighted by molar-refractivity contribution is 0.176. The van der Waals surface area contributed by atoms with Crippen LogP contribution in [0.15, 0.2) is 33.6 Å². The SMILES string of the molecule is CCNC1C(Sc2cccc(Br)c2)CCCC1(C)C. The lowest BCUT2D eigenvalue weighted by Gasteiger charge is -2.44. The van der Waals surface area contributed by atoms with Gasteiger partial charge in [0.1, 0.15) is 0 Å². The van der Waals surface area contributed by atoms with E-state index < -0.39 is 0 Å². The van der Waals surface area contributed by atoms with Crippen molar-refractivity contribution in [3.8, 4) is 0 Å². The quantitative estimate of drug-likeness (QED) is 0.817. The molecule has 2 unspecified atom stereocenters. The summed E-state index contributed by atoms with van der Waals surface area (Å²) in [5.41, 5.74) is 0.401. The molecule has 0 saturated heterocycles. The highest BCUT2D eigenvalue weighted by Gasteiger charge is 2.38. The van der Waals surface area contributed by atoms with Crippen LogP contribution in [0.4, 0.5) is 0 Å². The van der Waals surface area contributed by atoms with Gasteiger partial charge < -0.3 is 5.32 Å². The third kappa shape index (κ3) is 3.99. The molecule has 0 radical (unpaired) electrons. The third-order valence-electron chi connectivity index (χ3n) is 4.03. The van der Waals surface area contributed by atoms with Gasteiger partial charge >= 0.3 is 0 Å². The van der Waals surface area contributed by atoms with Gasteiger partial charge in [0.15, 0.2) is 0 Å². The second-order valence-corrected chi connectivity index (χ2v) is 8.26. The van der Waals surface area contributed by atoms with Gasteiger partial charge in [-0.1, -0.05) is 49.2 Å². The van der Waals surface area contributed by atoms with E-state index in [1.807, 2.05) is 11.8 Å². The van der Waals surface area contributed by atoms with Crippen LogP contribution in [0.25, 0.3) is 0 Å². The molecule has 0 heterocycles. The summed E-state index contributed by atoms with van der Waals surface area (Å²) in [5, 5.41) is 4.41. The van der Waals surface area contributed by atoms with Crippen molar-refractivity contribution in [1.82, 2.24) is 5.32 Å². The smallest absolute Gasteiger partial charge is 0.0253 e. The van der Waals surface area contributed by atoms with Crippen LogP contribution in [0.3, 0.4) is 0 Å². The van der Waals surface area contributed by atoms with Gasteiger partial charge in [0, 0.05) is 20.7 Å². The normalized spacial score (nSPS) is 26.3. The lowest BCUT2D eigenvalue weighted by Crippen LogP contribution is -2.51. The van der Waals surface area contributed by atoms with E-state index in [0.717, 1.165) is 6.54 Å². The van der Waals surface area contributed by atoms with Gasteiger partial charge in [-0.05, 0) is 43.0 Å². The fraction of sp³-hybridized carbons (Fsp3) is 0.625. The standard InChI is InChI=1S/C16H24BrNS/c1-4-18-15-14(9-6-10-16(15,2)3)19-13-8-5-7-12(17)11-13/h5,7-8,11,14-15,18H,4,6,9-10H2,1-3H3. The minimum atomic E-state index is 0.401. The summed E-state index contributed by atoms with van der Waals surface area (Å²) in [6, 6.07) is 9.28. The van der Waals surface area contributed by atoms with E-state index in [1.54, 1.807) is 0 Å². The van der Waals surface area contributed by atoms with E-state index in [-0.39, 0.29) is 0 Å². The van der Waals surface area contributed by atoms with E-state index >= 15 is 0 Å². The maximum absolute atomic E-state index is 3.73. The zero-order valence-corrected chi connectivity index (χ0v) is 14.5. The lowest BCUT2D eigenvalue weighted by atomic mass is 9.73. The van der Waals surface area contributed by atoms with Gasteiger partial charge in [0.25, 0.3) is 0 Å². The molecular formula is C16H24BrNS. The Balaban J connectivity index is 2.12. The van der Waals surface area contributed by atoms with Gasteiger partial charge in [-0.2, -0.15) is 0 Å². The summed E-state index contributed by atoms with van der Waals surface area (Å²) >= 11 is 5.60. The molecule has 1 aliphatic rings. The minimum absolute atomic E-state index is 0.401. The first-order chi connectivity index (χ1) is 9.03. The fourth-order valence-electron chi connectivity index (χ4n) is 3.05. The monoisotopic (exact) mass is 341 g/mol. The summed E-state index contributed by atoms with van der Waals surface area (Å²) in [6.45, 7) is 8.09. The van der Waals surface area contributed by atoms with Crippen LogP contribution < -0.4 is 5.32 Å². The van der Waals surface area contributed by atoms with Crippen LogP contribution in [-0.4, -0.2) is 17.8 Å². The Morgan fingerprint density at radius 3 is 2.89 bits per heavy atom. The first-order valence-corrected chi connectivity index (χ1v) is 8.86. The van der Waals surface area contributed by atoms with Gasteiger partial charge in [0.05, 0.1) is 0 Å². The maximum atomic E-state index is 3.73. The number of halogens is 1. The molecule has 1 aliphatic carbocycles. The van der Waals surface area contributed by atoms with E-state index in [9.17, 15) is 0 Å². The first kappa shape index (κ1) is 15.4. The summed E-state index contributed by atoms with van der Waals surface area (Å²) in [7, 11) is 0. The zero-order valence-electron chi connectivity index (χ0n) is 12.1. The molecule has 0 amide bonds. The molecule has 1 aromatic carbocycles.